The third-order valence-corrected chi connectivity index (χ3v) is 5.88. The number of nitrogens with zero attached hydrogens (tertiary/aromatic N) is 1. The molecule has 3 heterocycles. The number of morpholine rings is 1. The van der Waals surface area contributed by atoms with Crippen LogP contribution >= 0.6 is 11.8 Å². The van der Waals surface area contributed by atoms with Gasteiger partial charge in [0.25, 0.3) is 5.91 Å². The van der Waals surface area contributed by atoms with Gasteiger partial charge in [0, 0.05) is 41.8 Å². The minimum atomic E-state index is -0.0718. The normalized spacial score (nSPS) is 21.1. The van der Waals surface area contributed by atoms with Crippen LogP contribution in [0, 0.1) is 0 Å². The molecule has 0 aliphatic carbocycles. The molecule has 1 amide bonds. The van der Waals surface area contributed by atoms with Crippen LogP contribution in [0.15, 0.2) is 78.1 Å². The van der Waals surface area contributed by atoms with Gasteiger partial charge in [-0.05, 0) is 42.3 Å². The lowest BCUT2D eigenvalue weighted by Gasteiger charge is -2.27. The maximum Gasteiger partial charge on any atom is 0.254 e. The maximum atomic E-state index is 12.9. The molecular formula is C24H27N3O3S. The zero-order valence-electron chi connectivity index (χ0n) is 17.5. The Labute approximate surface area is 187 Å². The number of allylic oxidation sites excluding steroid dienone is 3. The van der Waals surface area contributed by atoms with E-state index in [-0.39, 0.29) is 11.9 Å². The van der Waals surface area contributed by atoms with Crippen LogP contribution in [0.25, 0.3) is 5.57 Å². The summed E-state index contributed by atoms with van der Waals surface area (Å²) in [5.74, 6) is 2.48. The maximum absolute atomic E-state index is 12.9. The van der Waals surface area contributed by atoms with Crippen LogP contribution in [0.1, 0.15) is 15.9 Å². The van der Waals surface area contributed by atoms with Gasteiger partial charge in [-0.3, -0.25) is 4.79 Å². The molecule has 3 aliphatic rings. The molecule has 162 valence electrons. The number of hydrogen-bond donors (Lipinski definition) is 2. The average molecular weight is 438 g/mol. The van der Waals surface area contributed by atoms with Crippen molar-refractivity contribution >= 4 is 23.2 Å². The van der Waals surface area contributed by atoms with Crippen molar-refractivity contribution in [3.05, 3.63) is 89.2 Å². The Kier molecular flexibility index (Phi) is 6.84. The number of nitrogens with two attached hydrogens (primary N) is 1. The van der Waals surface area contributed by atoms with Gasteiger partial charge in [-0.15, -0.1) is 0 Å². The van der Waals surface area contributed by atoms with E-state index in [1.54, 1.807) is 18.0 Å². The standard InChI is InChI=1S/C24H27N3O3S/c1-31-13-3-6-19(16-25)22-15-21-23(30-22)20(7-8-26-21)17-4-2-5-18(14-17)24(28)27-9-11-29-12-10-27/h2-8,14-16,21,26H,9-13,25H2,1H3/b6-3-,19-16+. The van der Waals surface area contributed by atoms with Gasteiger partial charge in [-0.1, -0.05) is 24.3 Å². The highest BCUT2D eigenvalue weighted by molar-refractivity contribution is 7.98. The molecule has 7 heteroatoms. The van der Waals surface area contributed by atoms with Crippen molar-refractivity contribution in [3.8, 4) is 0 Å². The minimum absolute atomic E-state index is 0.0312. The Hall–Kier alpha value is -2.90. The fraction of sp³-hybridized carbons (Fsp3) is 0.292. The van der Waals surface area contributed by atoms with E-state index in [9.17, 15) is 4.79 Å². The second-order valence-corrected chi connectivity index (χ2v) is 8.26. The highest BCUT2D eigenvalue weighted by Gasteiger charge is 2.29. The van der Waals surface area contributed by atoms with Crippen molar-refractivity contribution in [2.24, 2.45) is 5.73 Å². The van der Waals surface area contributed by atoms with E-state index in [0.29, 0.717) is 31.9 Å². The van der Waals surface area contributed by atoms with Crippen molar-refractivity contribution in [1.82, 2.24) is 10.2 Å². The fourth-order valence-corrected chi connectivity index (χ4v) is 4.05. The molecule has 0 aromatic heterocycles. The zero-order chi connectivity index (χ0) is 21.6. The molecule has 3 aliphatic heterocycles. The van der Waals surface area contributed by atoms with Crippen LogP contribution in [0.2, 0.25) is 0 Å². The van der Waals surface area contributed by atoms with Gasteiger partial charge < -0.3 is 25.4 Å². The number of nitrogens with one attached hydrogen (secondary N) is 1. The Balaban J connectivity index is 1.59. The van der Waals surface area contributed by atoms with E-state index in [4.69, 9.17) is 15.2 Å². The van der Waals surface area contributed by atoms with Crippen molar-refractivity contribution in [2.75, 3.05) is 38.3 Å². The molecule has 0 spiro atoms. The summed E-state index contributed by atoms with van der Waals surface area (Å²) in [5.41, 5.74) is 9.26. The lowest BCUT2D eigenvalue weighted by molar-refractivity contribution is 0.0303. The van der Waals surface area contributed by atoms with Crippen molar-refractivity contribution in [1.29, 1.82) is 0 Å². The third-order valence-electron chi connectivity index (χ3n) is 5.35. The van der Waals surface area contributed by atoms with E-state index in [2.05, 4.69) is 17.6 Å². The lowest BCUT2D eigenvalue weighted by Crippen LogP contribution is -2.40. The SMILES string of the molecule is CSC/C=C\C(=C/N)C1=CC2NC=CC(c3cccc(C(=O)N4CCOCC4)c3)=C2O1. The van der Waals surface area contributed by atoms with Gasteiger partial charge >= 0.3 is 0 Å². The average Bonchev–Trinajstić information content (AvgIpc) is 3.26. The van der Waals surface area contributed by atoms with Gasteiger partial charge in [0.05, 0.1) is 13.2 Å². The molecule has 4 rings (SSSR count). The summed E-state index contributed by atoms with van der Waals surface area (Å²) in [6.07, 6.45) is 13.6. The number of hydrogen-bond acceptors (Lipinski definition) is 6. The summed E-state index contributed by atoms with van der Waals surface area (Å²) in [5, 5.41) is 3.32. The van der Waals surface area contributed by atoms with E-state index < -0.39 is 0 Å². The van der Waals surface area contributed by atoms with E-state index in [1.807, 2.05) is 53.6 Å². The number of amides is 1. The molecule has 1 unspecified atom stereocenters. The summed E-state index contributed by atoms with van der Waals surface area (Å²) in [6, 6.07) is 7.65. The molecule has 1 fully saturated rings. The summed E-state index contributed by atoms with van der Waals surface area (Å²) in [7, 11) is 0. The van der Waals surface area contributed by atoms with Crippen LogP contribution in [-0.4, -0.2) is 55.2 Å². The van der Waals surface area contributed by atoms with Crippen LogP contribution in [-0.2, 0) is 9.47 Å². The largest absolute Gasteiger partial charge is 0.458 e. The molecular weight excluding hydrogens is 410 g/mol. The number of thioether (sulfide) groups is 1. The first-order valence-electron chi connectivity index (χ1n) is 10.3. The summed E-state index contributed by atoms with van der Waals surface area (Å²) < 4.78 is 11.6. The molecule has 3 N–H and O–H groups in total. The molecule has 0 saturated carbocycles. The Bertz CT molecular complexity index is 988. The molecule has 31 heavy (non-hydrogen) atoms. The monoisotopic (exact) mass is 437 g/mol. The predicted molar refractivity (Wildman–Crippen MR) is 125 cm³/mol. The first kappa shape index (κ1) is 21.3. The molecule has 1 aromatic rings. The first-order chi connectivity index (χ1) is 15.2. The quantitative estimate of drug-likeness (QED) is 0.667. The molecule has 6 nitrogen and oxygen atoms in total. The lowest BCUT2D eigenvalue weighted by atomic mass is 9.97. The minimum Gasteiger partial charge on any atom is -0.458 e. The number of ether oxygens (including phenoxy) is 2. The molecule has 1 aromatic carbocycles. The topological polar surface area (TPSA) is 76.8 Å². The smallest absolute Gasteiger partial charge is 0.254 e. The zero-order valence-corrected chi connectivity index (χ0v) is 18.4. The van der Waals surface area contributed by atoms with Gasteiger partial charge in [0.1, 0.15) is 17.6 Å². The van der Waals surface area contributed by atoms with E-state index in [0.717, 1.165) is 34.0 Å². The molecule has 0 bridgehead atoms. The van der Waals surface area contributed by atoms with E-state index in [1.165, 1.54) is 0 Å². The Morgan fingerprint density at radius 1 is 1.35 bits per heavy atom. The number of fused-ring (bicyclic) bond motifs is 1. The predicted octanol–water partition coefficient (Wildman–Crippen LogP) is 3.03. The molecule has 0 radical (unpaired) electrons. The number of benzene rings is 1. The van der Waals surface area contributed by atoms with Crippen LogP contribution in [0.5, 0.6) is 0 Å². The summed E-state index contributed by atoms with van der Waals surface area (Å²) in [4.78, 5) is 14.8. The van der Waals surface area contributed by atoms with Gasteiger partial charge in [0.15, 0.2) is 0 Å². The number of rotatable bonds is 6. The van der Waals surface area contributed by atoms with Crippen molar-refractivity contribution in [2.45, 2.75) is 6.04 Å². The molecule has 1 atom stereocenters. The highest BCUT2D eigenvalue weighted by atomic mass is 32.2. The first-order valence-corrected chi connectivity index (χ1v) is 11.7. The summed E-state index contributed by atoms with van der Waals surface area (Å²) in [6.45, 7) is 2.41. The van der Waals surface area contributed by atoms with Crippen molar-refractivity contribution in [3.63, 3.8) is 0 Å². The highest BCUT2D eigenvalue weighted by Crippen LogP contribution is 2.35. The second kappa shape index (κ2) is 9.94. The fourth-order valence-electron chi connectivity index (χ4n) is 3.76. The van der Waals surface area contributed by atoms with Crippen molar-refractivity contribution < 1.29 is 14.3 Å². The van der Waals surface area contributed by atoms with Gasteiger partial charge in [-0.2, -0.15) is 11.8 Å². The number of dihydropyridines is 1. The van der Waals surface area contributed by atoms with Gasteiger partial charge in [-0.25, -0.2) is 0 Å². The van der Waals surface area contributed by atoms with Gasteiger partial charge in [0.2, 0.25) is 0 Å². The third kappa shape index (κ3) is 4.73. The Morgan fingerprint density at radius 3 is 2.97 bits per heavy atom. The number of carbonyl (C=O) groups is 1. The van der Waals surface area contributed by atoms with Crippen LogP contribution in [0.4, 0.5) is 0 Å². The van der Waals surface area contributed by atoms with Crippen LogP contribution < -0.4 is 11.1 Å². The van der Waals surface area contributed by atoms with Crippen LogP contribution in [0.3, 0.4) is 0 Å². The Morgan fingerprint density at radius 2 is 2.19 bits per heavy atom. The second-order valence-electron chi connectivity index (χ2n) is 7.35. The number of carbonyl (C=O) groups excluding carboxylic acids is 1. The summed E-state index contributed by atoms with van der Waals surface area (Å²) >= 11 is 1.74. The van der Waals surface area contributed by atoms with E-state index >= 15 is 0 Å². The molecule has 1 saturated heterocycles.